The average molecular weight is 301 g/mol. The molecule has 2 aromatic heterocycles. The zero-order chi connectivity index (χ0) is 13.1. The lowest BCUT2D eigenvalue weighted by Crippen LogP contribution is -2.41. The second-order valence-electron chi connectivity index (χ2n) is 5.52. The van der Waals surface area contributed by atoms with Crippen LogP contribution in [-0.4, -0.2) is 18.3 Å². The van der Waals surface area contributed by atoms with Gasteiger partial charge in [0.1, 0.15) is 0 Å². The van der Waals surface area contributed by atoms with Gasteiger partial charge in [-0.25, -0.2) is 0 Å². The molecule has 0 amide bonds. The minimum absolute atomic E-state index is 0.265. The van der Waals surface area contributed by atoms with E-state index in [4.69, 9.17) is 20.9 Å². The van der Waals surface area contributed by atoms with E-state index in [-0.39, 0.29) is 18.3 Å². The molecule has 2 nitrogen and oxygen atoms in total. The molecule has 0 aromatic carbocycles. The summed E-state index contributed by atoms with van der Waals surface area (Å²) in [6, 6.07) is 4.12. The molecule has 1 saturated heterocycles. The van der Waals surface area contributed by atoms with Gasteiger partial charge in [-0.1, -0.05) is 11.6 Å². The zero-order valence-corrected chi connectivity index (χ0v) is 13.1. The normalized spacial score (nSPS) is 21.9. The van der Waals surface area contributed by atoms with E-state index in [9.17, 15) is 0 Å². The second kappa shape index (κ2) is 3.96. The first kappa shape index (κ1) is 12.9. The fourth-order valence-electron chi connectivity index (χ4n) is 1.90. The summed E-state index contributed by atoms with van der Waals surface area (Å²) in [6.07, 6.45) is 0. The van der Waals surface area contributed by atoms with Gasteiger partial charge in [-0.15, -0.1) is 22.7 Å². The van der Waals surface area contributed by atoms with E-state index >= 15 is 0 Å². The van der Waals surface area contributed by atoms with Crippen molar-refractivity contribution in [1.82, 2.24) is 0 Å². The van der Waals surface area contributed by atoms with Crippen LogP contribution in [0.25, 0.3) is 9.40 Å². The molecule has 1 fully saturated rings. The van der Waals surface area contributed by atoms with Crippen LogP contribution in [0.15, 0.2) is 12.1 Å². The van der Waals surface area contributed by atoms with E-state index in [1.165, 1.54) is 9.40 Å². The van der Waals surface area contributed by atoms with E-state index in [1.807, 2.05) is 6.07 Å². The molecule has 1 aliphatic rings. The van der Waals surface area contributed by atoms with Crippen LogP contribution in [0.1, 0.15) is 27.7 Å². The van der Waals surface area contributed by atoms with Crippen LogP contribution < -0.4 is 4.78 Å². The monoisotopic (exact) mass is 300 g/mol. The van der Waals surface area contributed by atoms with Gasteiger partial charge >= 0.3 is 7.12 Å². The lowest BCUT2D eigenvalue weighted by Gasteiger charge is -2.32. The molecule has 0 N–H and O–H groups in total. The molecule has 1 aliphatic heterocycles. The largest absolute Gasteiger partial charge is 0.505 e. The number of thiophene rings is 2. The fraction of sp³-hybridized carbons (Fsp3) is 0.500. The molecule has 0 atom stereocenters. The number of rotatable bonds is 1. The van der Waals surface area contributed by atoms with Crippen LogP contribution in [0.4, 0.5) is 0 Å². The molecule has 96 valence electrons. The van der Waals surface area contributed by atoms with Crippen LogP contribution in [0.2, 0.25) is 4.34 Å². The van der Waals surface area contributed by atoms with Crippen LogP contribution in [0.5, 0.6) is 0 Å². The highest BCUT2D eigenvalue weighted by Crippen LogP contribution is 2.38. The van der Waals surface area contributed by atoms with Crippen molar-refractivity contribution in [3.8, 4) is 0 Å². The van der Waals surface area contributed by atoms with E-state index in [2.05, 4.69) is 33.8 Å². The maximum Gasteiger partial charge on any atom is 0.505 e. The van der Waals surface area contributed by atoms with Crippen LogP contribution in [0.3, 0.4) is 0 Å². The molecule has 3 rings (SSSR count). The zero-order valence-electron chi connectivity index (χ0n) is 10.7. The molecular weight excluding hydrogens is 287 g/mol. The van der Waals surface area contributed by atoms with E-state index in [1.54, 1.807) is 22.7 Å². The minimum Gasteiger partial charge on any atom is -0.399 e. The van der Waals surface area contributed by atoms with Crippen molar-refractivity contribution < 1.29 is 9.31 Å². The SMILES string of the molecule is CC1(C)OB(c2cc3sc(Cl)cc3s2)OC1(C)C. The quantitative estimate of drug-likeness (QED) is 0.743. The maximum absolute atomic E-state index is 6.04. The molecule has 0 bridgehead atoms. The highest BCUT2D eigenvalue weighted by atomic mass is 35.5. The molecule has 0 radical (unpaired) electrons. The standard InChI is InChI=1S/C12H14BClO2S2/c1-11(2)12(3,4)16-13(15-11)9-5-7-8(17-9)6-10(14)18-7/h5-6H,1-4H3. The molecular formula is C12H14BClO2S2. The van der Waals surface area contributed by atoms with Gasteiger partial charge in [-0.05, 0) is 39.8 Å². The molecule has 18 heavy (non-hydrogen) atoms. The van der Waals surface area contributed by atoms with Gasteiger partial charge in [0.2, 0.25) is 0 Å². The Balaban J connectivity index is 1.94. The topological polar surface area (TPSA) is 18.5 Å². The lowest BCUT2D eigenvalue weighted by atomic mass is 9.88. The predicted molar refractivity (Wildman–Crippen MR) is 80.4 cm³/mol. The summed E-state index contributed by atoms with van der Waals surface area (Å²) in [6.45, 7) is 8.28. The first-order valence-electron chi connectivity index (χ1n) is 5.83. The maximum atomic E-state index is 6.04. The third kappa shape index (κ3) is 1.93. The van der Waals surface area contributed by atoms with Gasteiger partial charge in [0, 0.05) is 14.2 Å². The Labute approximate surface area is 120 Å². The summed E-state index contributed by atoms with van der Waals surface area (Å²) in [5.41, 5.74) is -0.570. The molecule has 0 saturated carbocycles. The second-order valence-corrected chi connectivity index (χ2v) is 8.35. The summed E-state index contributed by atoms with van der Waals surface area (Å²) in [5.74, 6) is 0. The van der Waals surface area contributed by atoms with Gasteiger partial charge in [0.05, 0.1) is 15.5 Å². The van der Waals surface area contributed by atoms with Crippen molar-refractivity contribution in [2.45, 2.75) is 38.9 Å². The Morgan fingerprint density at radius 1 is 1.00 bits per heavy atom. The van der Waals surface area contributed by atoms with E-state index in [0.717, 1.165) is 9.11 Å². The highest BCUT2D eigenvalue weighted by Gasteiger charge is 2.52. The van der Waals surface area contributed by atoms with Crippen molar-refractivity contribution in [1.29, 1.82) is 0 Å². The van der Waals surface area contributed by atoms with Crippen molar-refractivity contribution in [3.05, 3.63) is 16.5 Å². The number of halogens is 1. The summed E-state index contributed by atoms with van der Waals surface area (Å²) in [4.78, 5) is 0. The van der Waals surface area contributed by atoms with Crippen molar-refractivity contribution in [2.24, 2.45) is 0 Å². The van der Waals surface area contributed by atoms with Crippen LogP contribution in [-0.2, 0) is 9.31 Å². The average Bonchev–Trinajstić information content (AvgIpc) is 2.77. The molecule has 2 aromatic rings. The first-order valence-corrected chi connectivity index (χ1v) is 7.84. The third-order valence-electron chi connectivity index (χ3n) is 3.68. The first-order chi connectivity index (χ1) is 8.28. The molecule has 0 spiro atoms. The van der Waals surface area contributed by atoms with Crippen molar-refractivity contribution >= 4 is 55.6 Å². The smallest absolute Gasteiger partial charge is 0.399 e. The highest BCUT2D eigenvalue weighted by molar-refractivity contribution is 7.34. The Hall–Kier alpha value is -0.0651. The van der Waals surface area contributed by atoms with Gasteiger partial charge in [-0.2, -0.15) is 0 Å². The number of hydrogen-bond acceptors (Lipinski definition) is 4. The molecule has 0 aliphatic carbocycles. The predicted octanol–water partition coefficient (Wildman–Crippen LogP) is 3.92. The van der Waals surface area contributed by atoms with Gasteiger partial charge in [0.25, 0.3) is 0 Å². The fourth-order valence-corrected chi connectivity index (χ4v) is 4.41. The Morgan fingerprint density at radius 2 is 1.56 bits per heavy atom. The van der Waals surface area contributed by atoms with E-state index < -0.39 is 0 Å². The van der Waals surface area contributed by atoms with Crippen molar-refractivity contribution in [3.63, 3.8) is 0 Å². The van der Waals surface area contributed by atoms with Crippen LogP contribution in [0, 0.1) is 0 Å². The molecule has 6 heteroatoms. The summed E-state index contributed by atoms with van der Waals surface area (Å²) in [5, 5.41) is 0. The summed E-state index contributed by atoms with van der Waals surface area (Å²) >= 11 is 9.28. The van der Waals surface area contributed by atoms with Gasteiger partial charge in [0.15, 0.2) is 0 Å². The van der Waals surface area contributed by atoms with Gasteiger partial charge < -0.3 is 9.31 Å². The summed E-state index contributed by atoms with van der Waals surface area (Å²) in [7, 11) is -0.265. The number of fused-ring (bicyclic) bond motifs is 1. The Bertz CT molecular complexity index is 555. The third-order valence-corrected chi connectivity index (χ3v) is 6.13. The van der Waals surface area contributed by atoms with Gasteiger partial charge in [-0.3, -0.25) is 0 Å². The van der Waals surface area contributed by atoms with Crippen molar-refractivity contribution in [2.75, 3.05) is 0 Å². The summed E-state index contributed by atoms with van der Waals surface area (Å²) < 4.78 is 16.4. The van der Waals surface area contributed by atoms with E-state index in [0.29, 0.717) is 0 Å². The molecule has 3 heterocycles. The van der Waals surface area contributed by atoms with Crippen LogP contribution >= 0.6 is 34.3 Å². The molecule has 0 unspecified atom stereocenters. The Morgan fingerprint density at radius 3 is 2.11 bits per heavy atom. The minimum atomic E-state index is -0.285. The number of hydrogen-bond donors (Lipinski definition) is 0. The Kier molecular flexibility index (Phi) is 2.85. The lowest BCUT2D eigenvalue weighted by molar-refractivity contribution is 0.00578.